The van der Waals surface area contributed by atoms with Crippen LogP contribution in [0.25, 0.3) is 5.69 Å². The highest BCUT2D eigenvalue weighted by Gasteiger charge is 2.28. The van der Waals surface area contributed by atoms with E-state index in [-0.39, 0.29) is 36.0 Å². The lowest BCUT2D eigenvalue weighted by atomic mass is 9.96. The fourth-order valence-electron chi connectivity index (χ4n) is 5.17. The SMILES string of the molecule is CCOC(=O)C1CCN(C(=O)c2ccc(Nc3c(Oc4ccc5c(c4)OCO5)cnn(-c4ccc(C)cc4)c3=O)cc2)CC1. The molecule has 6 rings (SSSR count). The first-order chi connectivity index (χ1) is 21.4. The second kappa shape index (κ2) is 12.5. The van der Waals surface area contributed by atoms with Crippen molar-refractivity contribution >= 4 is 23.3 Å². The first-order valence-electron chi connectivity index (χ1n) is 14.5. The summed E-state index contributed by atoms with van der Waals surface area (Å²) in [5.74, 6) is 1.32. The number of hydrogen-bond donors (Lipinski definition) is 1. The van der Waals surface area contributed by atoms with Gasteiger partial charge in [-0.15, -0.1) is 0 Å². The highest BCUT2D eigenvalue weighted by molar-refractivity contribution is 5.94. The molecule has 1 fully saturated rings. The van der Waals surface area contributed by atoms with E-state index < -0.39 is 5.56 Å². The molecule has 3 aromatic carbocycles. The van der Waals surface area contributed by atoms with Crippen LogP contribution < -0.4 is 25.1 Å². The molecular weight excluding hydrogens is 564 g/mol. The summed E-state index contributed by atoms with van der Waals surface area (Å²) < 4.78 is 23.4. The van der Waals surface area contributed by atoms with Gasteiger partial charge in [0.25, 0.3) is 11.5 Å². The number of amides is 1. The summed E-state index contributed by atoms with van der Waals surface area (Å²) in [6.45, 7) is 5.20. The van der Waals surface area contributed by atoms with Gasteiger partial charge in [0.1, 0.15) is 5.75 Å². The molecule has 1 amide bonds. The van der Waals surface area contributed by atoms with Crippen molar-refractivity contribution in [2.45, 2.75) is 26.7 Å². The molecule has 0 spiro atoms. The molecule has 3 heterocycles. The number of likely N-dealkylation sites (tertiary alicyclic amines) is 1. The molecule has 2 aliphatic heterocycles. The van der Waals surface area contributed by atoms with Crippen molar-refractivity contribution in [2.75, 3.05) is 31.8 Å². The predicted molar refractivity (Wildman–Crippen MR) is 162 cm³/mol. The van der Waals surface area contributed by atoms with Crippen molar-refractivity contribution in [1.29, 1.82) is 0 Å². The Bertz CT molecular complexity index is 1730. The summed E-state index contributed by atoms with van der Waals surface area (Å²) in [5, 5.41) is 7.55. The van der Waals surface area contributed by atoms with Crippen molar-refractivity contribution < 1.29 is 28.5 Å². The van der Waals surface area contributed by atoms with Gasteiger partial charge in [-0.05, 0) is 75.2 Å². The standard InChI is InChI=1S/C33H32N4O7/c1-3-41-33(40)23-14-16-36(17-15-23)31(38)22-6-8-24(9-7-22)35-30-29(44-26-12-13-27-28(18-26)43-20-42-27)19-34-37(32(30)39)25-10-4-21(2)5-11-25/h4-13,18-19,23,35H,3,14-17,20H2,1-2H3. The largest absolute Gasteiger partial charge is 0.466 e. The quantitative estimate of drug-likeness (QED) is 0.273. The number of nitrogens with zero attached hydrogens (tertiary/aromatic N) is 3. The smallest absolute Gasteiger partial charge is 0.309 e. The van der Waals surface area contributed by atoms with E-state index in [0.717, 1.165) is 5.56 Å². The van der Waals surface area contributed by atoms with Gasteiger partial charge in [0, 0.05) is 30.4 Å². The maximum absolute atomic E-state index is 13.8. The Hall–Kier alpha value is -5.32. The summed E-state index contributed by atoms with van der Waals surface area (Å²) in [6.07, 6.45) is 2.63. The Labute approximate surface area is 253 Å². The number of hydrogen-bond acceptors (Lipinski definition) is 9. The first-order valence-corrected chi connectivity index (χ1v) is 14.5. The number of carbonyl (C=O) groups is 2. The summed E-state index contributed by atoms with van der Waals surface area (Å²) in [7, 11) is 0. The number of nitrogens with one attached hydrogen (secondary N) is 1. The van der Waals surface area contributed by atoms with Crippen molar-refractivity contribution in [3.05, 3.63) is 94.4 Å². The third kappa shape index (κ3) is 6.07. The first kappa shape index (κ1) is 28.8. The Morgan fingerprint density at radius 3 is 2.43 bits per heavy atom. The third-order valence-electron chi connectivity index (χ3n) is 7.60. The number of carbonyl (C=O) groups excluding carboxylic acids is 2. The van der Waals surface area contributed by atoms with Crippen LogP contribution in [0.1, 0.15) is 35.7 Å². The zero-order chi connectivity index (χ0) is 30.6. The molecule has 11 heteroatoms. The van der Waals surface area contributed by atoms with Gasteiger partial charge >= 0.3 is 5.97 Å². The number of fused-ring (bicyclic) bond motifs is 1. The lowest BCUT2D eigenvalue weighted by Crippen LogP contribution is -2.40. The van der Waals surface area contributed by atoms with Crippen LogP contribution in [0.2, 0.25) is 0 Å². The molecule has 0 radical (unpaired) electrons. The molecule has 2 aliphatic rings. The molecule has 0 unspecified atom stereocenters. The Kier molecular flexibility index (Phi) is 8.18. The van der Waals surface area contributed by atoms with Crippen LogP contribution in [0.5, 0.6) is 23.0 Å². The fourth-order valence-corrected chi connectivity index (χ4v) is 5.17. The van der Waals surface area contributed by atoms with Crippen molar-refractivity contribution in [1.82, 2.24) is 14.7 Å². The zero-order valence-electron chi connectivity index (χ0n) is 24.4. The zero-order valence-corrected chi connectivity index (χ0v) is 24.4. The lowest BCUT2D eigenvalue weighted by Gasteiger charge is -2.31. The van der Waals surface area contributed by atoms with Crippen LogP contribution >= 0.6 is 0 Å². The monoisotopic (exact) mass is 596 g/mol. The molecule has 1 N–H and O–H groups in total. The fraction of sp³-hybridized carbons (Fsp3) is 0.273. The Morgan fingerprint density at radius 2 is 1.70 bits per heavy atom. The summed E-state index contributed by atoms with van der Waals surface area (Å²) >= 11 is 0. The molecule has 0 bridgehead atoms. The van der Waals surface area contributed by atoms with Gasteiger partial charge in [-0.3, -0.25) is 14.4 Å². The average molecular weight is 597 g/mol. The molecule has 0 atom stereocenters. The predicted octanol–water partition coefficient (Wildman–Crippen LogP) is 5.22. The number of anilines is 2. The Balaban J connectivity index is 1.23. The number of esters is 1. The van der Waals surface area contributed by atoms with Crippen molar-refractivity contribution in [3.63, 3.8) is 0 Å². The number of aryl methyl sites for hydroxylation is 1. The second-order valence-electron chi connectivity index (χ2n) is 10.6. The molecular formula is C33H32N4O7. The molecule has 4 aromatic rings. The van der Waals surface area contributed by atoms with Gasteiger partial charge < -0.3 is 29.2 Å². The lowest BCUT2D eigenvalue weighted by molar-refractivity contribution is -0.149. The van der Waals surface area contributed by atoms with Crippen molar-refractivity contribution in [2.24, 2.45) is 5.92 Å². The second-order valence-corrected chi connectivity index (χ2v) is 10.6. The van der Waals surface area contributed by atoms with Crippen LogP contribution in [-0.4, -0.2) is 53.0 Å². The maximum Gasteiger partial charge on any atom is 0.309 e. The number of piperidine rings is 1. The van der Waals surface area contributed by atoms with E-state index in [0.29, 0.717) is 66.7 Å². The minimum absolute atomic E-state index is 0.115. The highest BCUT2D eigenvalue weighted by atomic mass is 16.7. The molecule has 226 valence electrons. The van der Waals surface area contributed by atoms with Gasteiger partial charge in [0.05, 0.1) is 24.4 Å². The normalized spacial score (nSPS) is 14.3. The van der Waals surface area contributed by atoms with Crippen LogP contribution in [0, 0.1) is 12.8 Å². The van der Waals surface area contributed by atoms with Gasteiger partial charge in [-0.25, -0.2) is 0 Å². The molecule has 11 nitrogen and oxygen atoms in total. The summed E-state index contributed by atoms with van der Waals surface area (Å²) in [6, 6.07) is 19.5. The molecule has 44 heavy (non-hydrogen) atoms. The minimum atomic E-state index is -0.420. The van der Waals surface area contributed by atoms with E-state index in [1.807, 2.05) is 31.2 Å². The molecule has 1 saturated heterocycles. The minimum Gasteiger partial charge on any atom is -0.466 e. The van der Waals surface area contributed by atoms with Crippen LogP contribution in [0.4, 0.5) is 11.4 Å². The summed E-state index contributed by atoms with van der Waals surface area (Å²) in [5.41, 5.74) is 2.49. The maximum atomic E-state index is 13.8. The van der Waals surface area contributed by atoms with Crippen LogP contribution in [0.15, 0.2) is 77.7 Å². The van der Waals surface area contributed by atoms with Gasteiger partial charge in [0.2, 0.25) is 6.79 Å². The van der Waals surface area contributed by atoms with Gasteiger partial charge in [-0.2, -0.15) is 9.78 Å². The van der Waals surface area contributed by atoms with E-state index in [4.69, 9.17) is 18.9 Å². The highest BCUT2D eigenvalue weighted by Crippen LogP contribution is 2.38. The molecule has 1 aromatic heterocycles. The van der Waals surface area contributed by atoms with E-state index in [1.54, 1.807) is 54.3 Å². The van der Waals surface area contributed by atoms with Crippen LogP contribution in [-0.2, 0) is 9.53 Å². The number of rotatable bonds is 8. The average Bonchev–Trinajstić information content (AvgIpc) is 3.52. The molecule has 0 aliphatic carbocycles. The topological polar surface area (TPSA) is 121 Å². The Morgan fingerprint density at radius 1 is 0.977 bits per heavy atom. The summed E-state index contributed by atoms with van der Waals surface area (Å²) in [4.78, 5) is 40.8. The van der Waals surface area contributed by atoms with Gasteiger partial charge in [-0.1, -0.05) is 17.7 Å². The molecule has 0 saturated carbocycles. The van der Waals surface area contributed by atoms with Gasteiger partial charge in [0.15, 0.2) is 22.9 Å². The number of benzene rings is 3. The van der Waals surface area contributed by atoms with E-state index in [1.165, 1.54) is 10.9 Å². The van der Waals surface area contributed by atoms with E-state index in [2.05, 4.69) is 10.4 Å². The van der Waals surface area contributed by atoms with Crippen molar-refractivity contribution in [3.8, 4) is 28.7 Å². The van der Waals surface area contributed by atoms with E-state index >= 15 is 0 Å². The van der Waals surface area contributed by atoms with Crippen LogP contribution in [0.3, 0.4) is 0 Å². The third-order valence-corrected chi connectivity index (χ3v) is 7.60. The number of aromatic nitrogens is 2. The van der Waals surface area contributed by atoms with E-state index in [9.17, 15) is 14.4 Å². The number of ether oxygens (including phenoxy) is 4.